The van der Waals surface area contributed by atoms with Gasteiger partial charge < -0.3 is 9.47 Å². The van der Waals surface area contributed by atoms with E-state index in [1.165, 1.54) is 77.1 Å². The molecule has 0 aliphatic heterocycles. The van der Waals surface area contributed by atoms with Crippen LogP contribution in [0.5, 0.6) is 0 Å². The summed E-state index contributed by atoms with van der Waals surface area (Å²) < 4.78 is 2.39. The SMILES string of the molecule is c1ccc(-c2ccccc2-c2c(-c3ccccc3)cccc2-c2ccc(N(c3cccc(-c4cccc5c4c4ccccc4n5-c4ccccc4)c3)c3ccc4ccccc4c3)cc2)cc1. The summed E-state index contributed by atoms with van der Waals surface area (Å²) in [5, 5.41) is 4.90. The van der Waals surface area contributed by atoms with Crippen molar-refractivity contribution in [2.24, 2.45) is 0 Å². The topological polar surface area (TPSA) is 8.17 Å². The van der Waals surface area contributed by atoms with Crippen molar-refractivity contribution in [2.75, 3.05) is 4.90 Å². The fourth-order valence-electron chi connectivity index (χ4n) is 9.99. The first-order valence-corrected chi connectivity index (χ1v) is 22.7. The number of para-hydroxylation sites is 2. The van der Waals surface area contributed by atoms with E-state index in [1.807, 2.05) is 0 Å². The van der Waals surface area contributed by atoms with Crippen LogP contribution in [-0.4, -0.2) is 4.57 Å². The van der Waals surface area contributed by atoms with Gasteiger partial charge in [-0.05, 0) is 127 Å². The Morgan fingerprint density at radius 2 is 0.773 bits per heavy atom. The second-order valence-electron chi connectivity index (χ2n) is 16.9. The molecule has 0 fully saturated rings. The largest absolute Gasteiger partial charge is 0.310 e. The second kappa shape index (κ2) is 16.8. The highest BCUT2D eigenvalue weighted by Gasteiger charge is 2.21. The molecule has 0 bridgehead atoms. The van der Waals surface area contributed by atoms with E-state index >= 15 is 0 Å². The molecular formula is C64H44N2. The molecule has 0 atom stereocenters. The van der Waals surface area contributed by atoms with Crippen molar-refractivity contribution in [3.8, 4) is 61.3 Å². The molecule has 0 radical (unpaired) electrons. The van der Waals surface area contributed by atoms with E-state index in [9.17, 15) is 0 Å². The summed E-state index contributed by atoms with van der Waals surface area (Å²) in [4.78, 5) is 2.40. The Labute approximate surface area is 385 Å². The number of nitrogens with zero attached hydrogens (tertiary/aromatic N) is 2. The number of anilines is 3. The van der Waals surface area contributed by atoms with E-state index in [0.717, 1.165) is 33.9 Å². The molecule has 0 saturated carbocycles. The number of rotatable bonds is 9. The van der Waals surface area contributed by atoms with Gasteiger partial charge in [-0.25, -0.2) is 0 Å². The molecule has 0 amide bonds. The minimum absolute atomic E-state index is 1.08. The summed E-state index contributed by atoms with van der Waals surface area (Å²) in [5.74, 6) is 0. The smallest absolute Gasteiger partial charge is 0.0547 e. The van der Waals surface area contributed by atoms with Crippen LogP contribution in [0.15, 0.2) is 267 Å². The second-order valence-corrected chi connectivity index (χ2v) is 16.9. The highest BCUT2D eigenvalue weighted by atomic mass is 15.1. The maximum atomic E-state index is 2.40. The van der Waals surface area contributed by atoms with Crippen molar-refractivity contribution in [2.45, 2.75) is 0 Å². The van der Waals surface area contributed by atoms with Crippen molar-refractivity contribution < 1.29 is 0 Å². The van der Waals surface area contributed by atoms with Crippen LogP contribution in [0.4, 0.5) is 17.1 Å². The summed E-state index contributed by atoms with van der Waals surface area (Å²) >= 11 is 0. The average Bonchev–Trinajstić information content (AvgIpc) is 3.74. The lowest BCUT2D eigenvalue weighted by molar-refractivity contribution is 1.18. The number of aromatic nitrogens is 1. The molecule has 66 heavy (non-hydrogen) atoms. The van der Waals surface area contributed by atoms with E-state index in [-0.39, 0.29) is 0 Å². The Balaban J connectivity index is 1.02. The number of benzene rings is 11. The monoisotopic (exact) mass is 840 g/mol. The lowest BCUT2D eigenvalue weighted by Gasteiger charge is -2.27. The summed E-state index contributed by atoms with van der Waals surface area (Å²) in [7, 11) is 0. The van der Waals surface area contributed by atoms with Crippen molar-refractivity contribution in [1.82, 2.24) is 4.57 Å². The number of hydrogen-bond donors (Lipinski definition) is 0. The zero-order valence-corrected chi connectivity index (χ0v) is 36.3. The first kappa shape index (κ1) is 38.9. The average molecular weight is 841 g/mol. The molecule has 0 N–H and O–H groups in total. The normalized spacial score (nSPS) is 11.3. The molecule has 1 heterocycles. The Hall–Kier alpha value is -8.72. The molecule has 0 aliphatic rings. The van der Waals surface area contributed by atoms with E-state index in [2.05, 4.69) is 276 Å². The van der Waals surface area contributed by atoms with Crippen molar-refractivity contribution in [3.05, 3.63) is 267 Å². The van der Waals surface area contributed by atoms with E-state index in [0.29, 0.717) is 0 Å². The van der Waals surface area contributed by atoms with Crippen LogP contribution in [0, 0.1) is 0 Å². The first-order chi connectivity index (χ1) is 32.8. The molecular weight excluding hydrogens is 797 g/mol. The molecule has 1 aromatic heterocycles. The molecule has 0 saturated heterocycles. The van der Waals surface area contributed by atoms with Gasteiger partial charge in [0.1, 0.15) is 0 Å². The van der Waals surface area contributed by atoms with Crippen LogP contribution in [-0.2, 0) is 0 Å². The van der Waals surface area contributed by atoms with Crippen molar-refractivity contribution in [3.63, 3.8) is 0 Å². The Morgan fingerprint density at radius 1 is 0.273 bits per heavy atom. The number of fused-ring (bicyclic) bond motifs is 4. The lowest BCUT2D eigenvalue weighted by Crippen LogP contribution is -2.10. The van der Waals surface area contributed by atoms with Gasteiger partial charge in [-0.15, -0.1) is 0 Å². The molecule has 11 aromatic carbocycles. The predicted octanol–water partition coefficient (Wildman–Crippen LogP) is 17.7. The van der Waals surface area contributed by atoms with Crippen molar-refractivity contribution in [1.29, 1.82) is 0 Å². The predicted molar refractivity (Wildman–Crippen MR) is 280 cm³/mol. The van der Waals surface area contributed by atoms with Crippen LogP contribution in [0.1, 0.15) is 0 Å². The van der Waals surface area contributed by atoms with E-state index in [1.54, 1.807) is 0 Å². The first-order valence-electron chi connectivity index (χ1n) is 22.7. The summed E-state index contributed by atoms with van der Waals surface area (Å²) in [6.45, 7) is 0. The van der Waals surface area contributed by atoms with E-state index in [4.69, 9.17) is 0 Å². The van der Waals surface area contributed by atoms with Crippen LogP contribution in [0.3, 0.4) is 0 Å². The van der Waals surface area contributed by atoms with Gasteiger partial charge in [0.15, 0.2) is 0 Å². The van der Waals surface area contributed by atoms with Gasteiger partial charge in [0, 0.05) is 33.5 Å². The highest BCUT2D eigenvalue weighted by Crippen LogP contribution is 2.46. The Bertz CT molecular complexity index is 3680. The standard InChI is InChI=1S/C64H44N2/c1-4-20-46(21-5-1)55-29-12-13-30-59(55)63-56(47-22-6-2-7-23-47)32-17-33-57(63)48-38-40-52(41-39-48)65(54-42-37-45-19-10-11-24-49(45)43-54)53-28-16-25-50(44-53)58-34-18-36-62-64(58)60-31-14-15-35-61(60)66(62)51-26-8-3-9-27-51/h1-44H. The molecule has 2 nitrogen and oxygen atoms in total. The maximum absolute atomic E-state index is 2.40. The zero-order chi connectivity index (χ0) is 43.8. The minimum atomic E-state index is 1.08. The molecule has 0 unspecified atom stereocenters. The third-order valence-electron chi connectivity index (χ3n) is 13.0. The fourth-order valence-corrected chi connectivity index (χ4v) is 9.99. The van der Waals surface area contributed by atoms with Gasteiger partial charge in [0.25, 0.3) is 0 Å². The van der Waals surface area contributed by atoms with Gasteiger partial charge in [-0.2, -0.15) is 0 Å². The van der Waals surface area contributed by atoms with Gasteiger partial charge in [-0.1, -0.05) is 206 Å². The quantitative estimate of drug-likeness (QED) is 0.141. The third kappa shape index (κ3) is 6.93. The van der Waals surface area contributed by atoms with Crippen LogP contribution in [0.25, 0.3) is 93.9 Å². The fraction of sp³-hybridized carbons (Fsp3) is 0. The van der Waals surface area contributed by atoms with Gasteiger partial charge in [0.05, 0.1) is 11.0 Å². The van der Waals surface area contributed by atoms with Gasteiger partial charge in [-0.3, -0.25) is 0 Å². The summed E-state index contributed by atoms with van der Waals surface area (Å²) in [5.41, 5.74) is 18.7. The van der Waals surface area contributed by atoms with Crippen LogP contribution < -0.4 is 4.90 Å². The van der Waals surface area contributed by atoms with Crippen LogP contribution in [0.2, 0.25) is 0 Å². The van der Waals surface area contributed by atoms with Crippen molar-refractivity contribution >= 4 is 49.6 Å². The third-order valence-corrected chi connectivity index (χ3v) is 13.0. The number of hydrogen-bond acceptors (Lipinski definition) is 1. The zero-order valence-electron chi connectivity index (χ0n) is 36.3. The van der Waals surface area contributed by atoms with E-state index < -0.39 is 0 Å². The Morgan fingerprint density at radius 3 is 1.53 bits per heavy atom. The molecule has 2 heteroatoms. The molecule has 0 aliphatic carbocycles. The maximum Gasteiger partial charge on any atom is 0.0547 e. The lowest BCUT2D eigenvalue weighted by atomic mass is 9.84. The summed E-state index contributed by atoms with van der Waals surface area (Å²) in [6, 6.07) is 96.9. The molecule has 310 valence electrons. The van der Waals surface area contributed by atoms with Crippen LogP contribution >= 0.6 is 0 Å². The summed E-state index contributed by atoms with van der Waals surface area (Å²) in [6.07, 6.45) is 0. The Kier molecular flexibility index (Phi) is 9.89. The van der Waals surface area contributed by atoms with Gasteiger partial charge >= 0.3 is 0 Å². The highest BCUT2D eigenvalue weighted by molar-refractivity contribution is 6.16. The minimum Gasteiger partial charge on any atom is -0.310 e. The molecule has 12 rings (SSSR count). The van der Waals surface area contributed by atoms with Gasteiger partial charge in [0.2, 0.25) is 0 Å². The molecule has 0 spiro atoms. The molecule has 12 aromatic rings.